The second-order valence-corrected chi connectivity index (χ2v) is 7.65. The summed E-state index contributed by atoms with van der Waals surface area (Å²) >= 11 is 0. The van der Waals surface area contributed by atoms with Crippen LogP contribution in [0.25, 0.3) is 0 Å². The molecule has 2 aromatic carbocycles. The molecule has 0 spiro atoms. The number of nitrogens with one attached hydrogen (secondary N) is 2. The lowest BCUT2D eigenvalue weighted by atomic mass is 10.2. The summed E-state index contributed by atoms with van der Waals surface area (Å²) in [5.74, 6) is -2.29. The first-order valence-corrected chi connectivity index (χ1v) is 10.5. The fourth-order valence-corrected chi connectivity index (χ4v) is 3.51. The fourth-order valence-electron chi connectivity index (χ4n) is 3.51. The van der Waals surface area contributed by atoms with E-state index in [9.17, 15) is 18.0 Å². The van der Waals surface area contributed by atoms with Crippen molar-refractivity contribution in [1.29, 1.82) is 0 Å². The van der Waals surface area contributed by atoms with Crippen molar-refractivity contribution < 1.29 is 27.4 Å². The van der Waals surface area contributed by atoms with Gasteiger partial charge < -0.3 is 14.8 Å². The Labute approximate surface area is 188 Å². The number of nitrogens with zero attached hydrogens (tertiary/aromatic N) is 2. The van der Waals surface area contributed by atoms with Crippen molar-refractivity contribution in [2.75, 3.05) is 38.2 Å². The average molecular weight is 460 g/mol. The standard InChI is InChI=1S/C23H23F3N4O3/c24-15-2-1-3-16(10-15)27-23(31)14-30-7-9-33-22(13-30)21-11-17(28-29-21)6-8-32-18-4-5-19(25)20(26)12-18/h1-5,10-12,22H,6-9,13-14H2,(H,27,31)(H,28,29). The molecule has 10 heteroatoms. The molecule has 1 amide bonds. The third-order valence-corrected chi connectivity index (χ3v) is 5.14. The predicted molar refractivity (Wildman–Crippen MR) is 114 cm³/mol. The maximum Gasteiger partial charge on any atom is 0.238 e. The molecule has 33 heavy (non-hydrogen) atoms. The van der Waals surface area contributed by atoms with E-state index >= 15 is 0 Å². The van der Waals surface area contributed by atoms with E-state index in [2.05, 4.69) is 15.5 Å². The highest BCUT2D eigenvalue weighted by Crippen LogP contribution is 2.22. The van der Waals surface area contributed by atoms with Crippen molar-refractivity contribution in [1.82, 2.24) is 15.1 Å². The van der Waals surface area contributed by atoms with Crippen LogP contribution in [0.4, 0.5) is 18.9 Å². The molecule has 4 rings (SSSR count). The molecular weight excluding hydrogens is 437 g/mol. The van der Waals surface area contributed by atoms with Crippen molar-refractivity contribution >= 4 is 11.6 Å². The lowest BCUT2D eigenvalue weighted by molar-refractivity contribution is -0.119. The van der Waals surface area contributed by atoms with Crippen LogP contribution in [0, 0.1) is 17.5 Å². The smallest absolute Gasteiger partial charge is 0.238 e. The van der Waals surface area contributed by atoms with E-state index in [1.54, 1.807) is 6.07 Å². The van der Waals surface area contributed by atoms with Crippen LogP contribution in [0.1, 0.15) is 17.5 Å². The molecule has 1 aliphatic rings. The van der Waals surface area contributed by atoms with Crippen LogP contribution in [0.15, 0.2) is 48.5 Å². The summed E-state index contributed by atoms with van der Waals surface area (Å²) in [5, 5.41) is 9.91. The van der Waals surface area contributed by atoms with Gasteiger partial charge in [-0.25, -0.2) is 13.2 Å². The molecule has 0 aliphatic carbocycles. The lowest BCUT2D eigenvalue weighted by Crippen LogP contribution is -2.42. The van der Waals surface area contributed by atoms with Crippen molar-refractivity contribution in [3.8, 4) is 5.75 Å². The fraction of sp³-hybridized carbons (Fsp3) is 0.304. The van der Waals surface area contributed by atoms with Gasteiger partial charge in [0.05, 0.1) is 25.5 Å². The highest BCUT2D eigenvalue weighted by atomic mass is 19.2. The van der Waals surface area contributed by atoms with Gasteiger partial charge in [-0.1, -0.05) is 6.07 Å². The lowest BCUT2D eigenvalue weighted by Gasteiger charge is -2.31. The molecule has 1 saturated heterocycles. The Balaban J connectivity index is 1.26. The minimum atomic E-state index is -0.958. The van der Waals surface area contributed by atoms with Crippen LogP contribution in [0.2, 0.25) is 0 Å². The van der Waals surface area contributed by atoms with Crippen LogP contribution < -0.4 is 10.1 Å². The number of H-pyrrole nitrogens is 1. The largest absolute Gasteiger partial charge is 0.493 e. The van der Waals surface area contributed by atoms with E-state index in [1.165, 1.54) is 24.3 Å². The maximum absolute atomic E-state index is 13.3. The SMILES string of the molecule is O=C(CN1CCOC(c2cc(CCOc3ccc(F)c(F)c3)[nH]n2)C1)Nc1cccc(F)c1. The normalized spacial score (nSPS) is 16.5. The zero-order valence-corrected chi connectivity index (χ0v) is 17.7. The Kier molecular flexibility index (Phi) is 7.26. The summed E-state index contributed by atoms with van der Waals surface area (Å²) in [5.41, 5.74) is 1.91. The Hall–Kier alpha value is -3.37. The summed E-state index contributed by atoms with van der Waals surface area (Å²) in [6.45, 7) is 1.91. The highest BCUT2D eigenvalue weighted by molar-refractivity contribution is 5.92. The van der Waals surface area contributed by atoms with Crippen molar-refractivity contribution in [2.24, 2.45) is 0 Å². The molecule has 7 nitrogen and oxygen atoms in total. The quantitative estimate of drug-likeness (QED) is 0.538. The third kappa shape index (κ3) is 6.33. The summed E-state index contributed by atoms with van der Waals surface area (Å²) in [6, 6.07) is 11.0. The molecule has 2 heterocycles. The number of amides is 1. The van der Waals surface area contributed by atoms with Gasteiger partial charge in [-0.05, 0) is 36.4 Å². The van der Waals surface area contributed by atoms with Gasteiger partial charge in [0, 0.05) is 37.0 Å². The minimum Gasteiger partial charge on any atom is -0.493 e. The van der Waals surface area contributed by atoms with Gasteiger partial charge in [0.25, 0.3) is 0 Å². The summed E-state index contributed by atoms with van der Waals surface area (Å²) in [6.07, 6.45) is 0.177. The number of carbonyl (C=O) groups excluding carboxylic acids is 1. The molecule has 1 aliphatic heterocycles. The van der Waals surface area contributed by atoms with Gasteiger partial charge in [-0.15, -0.1) is 0 Å². The Morgan fingerprint density at radius 2 is 2.06 bits per heavy atom. The third-order valence-electron chi connectivity index (χ3n) is 5.14. The number of hydrogen-bond acceptors (Lipinski definition) is 5. The topological polar surface area (TPSA) is 79.5 Å². The second-order valence-electron chi connectivity index (χ2n) is 7.65. The number of ether oxygens (including phenoxy) is 2. The van der Waals surface area contributed by atoms with E-state index in [0.717, 1.165) is 17.8 Å². The first-order valence-electron chi connectivity index (χ1n) is 10.5. The van der Waals surface area contributed by atoms with Crippen molar-refractivity contribution in [3.63, 3.8) is 0 Å². The monoisotopic (exact) mass is 460 g/mol. The number of carbonyl (C=O) groups is 1. The van der Waals surface area contributed by atoms with Crippen LogP contribution >= 0.6 is 0 Å². The van der Waals surface area contributed by atoms with Crippen LogP contribution in [-0.2, 0) is 16.0 Å². The summed E-state index contributed by atoms with van der Waals surface area (Å²) in [7, 11) is 0. The Morgan fingerprint density at radius 3 is 2.88 bits per heavy atom. The average Bonchev–Trinajstić information content (AvgIpc) is 3.25. The molecule has 0 radical (unpaired) electrons. The van der Waals surface area contributed by atoms with Crippen molar-refractivity contribution in [2.45, 2.75) is 12.5 Å². The number of anilines is 1. The molecule has 1 atom stereocenters. The molecule has 3 aromatic rings. The van der Waals surface area contributed by atoms with E-state index in [1.807, 2.05) is 11.0 Å². The molecule has 0 bridgehead atoms. The van der Waals surface area contributed by atoms with Gasteiger partial charge >= 0.3 is 0 Å². The summed E-state index contributed by atoms with van der Waals surface area (Å²) in [4.78, 5) is 14.3. The molecule has 1 unspecified atom stereocenters. The number of aromatic nitrogens is 2. The van der Waals surface area contributed by atoms with Gasteiger partial charge in [0.2, 0.25) is 5.91 Å². The number of hydrogen-bond donors (Lipinski definition) is 2. The van der Waals surface area contributed by atoms with E-state index in [-0.39, 0.29) is 30.9 Å². The molecule has 2 N–H and O–H groups in total. The minimum absolute atomic E-state index is 0.149. The molecule has 1 fully saturated rings. The highest BCUT2D eigenvalue weighted by Gasteiger charge is 2.25. The van der Waals surface area contributed by atoms with Crippen LogP contribution in [-0.4, -0.2) is 53.9 Å². The van der Waals surface area contributed by atoms with Crippen molar-refractivity contribution in [3.05, 3.63) is 77.4 Å². The number of morpholine rings is 1. The van der Waals surface area contributed by atoms with E-state index < -0.39 is 17.5 Å². The second kappa shape index (κ2) is 10.5. The number of benzene rings is 2. The molecular formula is C23H23F3N4O3. The Bertz CT molecular complexity index is 1110. The zero-order chi connectivity index (χ0) is 23.2. The number of halogens is 3. The summed E-state index contributed by atoms with van der Waals surface area (Å²) < 4.78 is 50.8. The van der Waals surface area contributed by atoms with Crippen LogP contribution in [0.5, 0.6) is 5.75 Å². The zero-order valence-electron chi connectivity index (χ0n) is 17.7. The van der Waals surface area contributed by atoms with E-state index in [0.29, 0.717) is 37.5 Å². The number of aromatic amines is 1. The number of rotatable bonds is 8. The molecule has 0 saturated carbocycles. The first kappa shape index (κ1) is 22.8. The van der Waals surface area contributed by atoms with Gasteiger partial charge in [0.1, 0.15) is 17.7 Å². The predicted octanol–water partition coefficient (Wildman–Crippen LogP) is 3.46. The molecule has 174 valence electrons. The Morgan fingerprint density at radius 1 is 1.18 bits per heavy atom. The van der Waals surface area contributed by atoms with Gasteiger partial charge in [-0.2, -0.15) is 5.10 Å². The first-order chi connectivity index (χ1) is 16.0. The van der Waals surface area contributed by atoms with E-state index in [4.69, 9.17) is 9.47 Å². The molecule has 1 aromatic heterocycles. The van der Waals surface area contributed by atoms with Gasteiger partial charge in [-0.3, -0.25) is 14.8 Å². The van der Waals surface area contributed by atoms with Crippen LogP contribution in [0.3, 0.4) is 0 Å². The maximum atomic E-state index is 13.3. The van der Waals surface area contributed by atoms with Gasteiger partial charge in [0.15, 0.2) is 11.6 Å².